The zero-order valence-corrected chi connectivity index (χ0v) is 19.2. The number of aliphatic imine (C=N–C) groups is 1. The van der Waals surface area contributed by atoms with Crippen molar-refractivity contribution in [2.24, 2.45) is 16.8 Å². The number of nitrogens with zero attached hydrogens (tertiary/aromatic N) is 1. The summed E-state index contributed by atoms with van der Waals surface area (Å²) < 4.78 is 20.0. The van der Waals surface area contributed by atoms with Crippen LogP contribution in [0.4, 0.5) is 10.1 Å². The predicted molar refractivity (Wildman–Crippen MR) is 126 cm³/mol. The van der Waals surface area contributed by atoms with E-state index in [9.17, 15) is 9.18 Å². The second kappa shape index (κ2) is 11.0. The molecule has 0 aromatic heterocycles. The van der Waals surface area contributed by atoms with E-state index in [-0.39, 0.29) is 23.7 Å². The maximum atomic E-state index is 14.4. The zero-order valence-electron chi connectivity index (χ0n) is 19.2. The normalized spacial score (nSPS) is 14.8. The molecule has 2 aromatic carbocycles. The molecular weight excluding hydrogens is 407 g/mol. The Hall–Kier alpha value is -3.09. The van der Waals surface area contributed by atoms with Gasteiger partial charge in [0.25, 0.3) is 0 Å². The number of amides is 1. The lowest BCUT2D eigenvalue weighted by Crippen LogP contribution is -2.38. The first-order valence-electron chi connectivity index (χ1n) is 11.1. The van der Waals surface area contributed by atoms with Gasteiger partial charge in [0.05, 0.1) is 12.6 Å². The molecule has 3 rings (SSSR count). The van der Waals surface area contributed by atoms with Gasteiger partial charge < -0.3 is 20.7 Å². The number of hydrogen-bond acceptors (Lipinski definition) is 3. The van der Waals surface area contributed by atoms with Gasteiger partial charge in [-0.3, -0.25) is 9.79 Å². The Labute approximate surface area is 189 Å². The highest BCUT2D eigenvalue weighted by atomic mass is 19.1. The quantitative estimate of drug-likeness (QED) is 0.392. The van der Waals surface area contributed by atoms with Gasteiger partial charge in [0.15, 0.2) is 17.5 Å². The van der Waals surface area contributed by atoms with Crippen LogP contribution in [-0.2, 0) is 11.3 Å². The van der Waals surface area contributed by atoms with Crippen LogP contribution in [-0.4, -0.2) is 25.5 Å². The third-order valence-electron chi connectivity index (χ3n) is 5.41. The molecule has 3 N–H and O–H groups in total. The molecule has 0 saturated heterocycles. The summed E-state index contributed by atoms with van der Waals surface area (Å²) in [7, 11) is 1.70. The summed E-state index contributed by atoms with van der Waals surface area (Å²) >= 11 is 0. The van der Waals surface area contributed by atoms with E-state index in [0.29, 0.717) is 30.8 Å². The molecule has 6 nitrogen and oxygen atoms in total. The van der Waals surface area contributed by atoms with Gasteiger partial charge in [-0.1, -0.05) is 32.0 Å². The van der Waals surface area contributed by atoms with E-state index < -0.39 is 0 Å². The number of halogens is 1. The van der Waals surface area contributed by atoms with E-state index >= 15 is 0 Å². The second-order valence-corrected chi connectivity index (χ2v) is 8.58. The summed E-state index contributed by atoms with van der Waals surface area (Å²) in [4.78, 5) is 16.1. The Morgan fingerprint density at radius 2 is 1.88 bits per heavy atom. The number of nitrogens with one attached hydrogen (secondary N) is 3. The first kappa shape index (κ1) is 23.6. The number of carbonyl (C=O) groups excluding carboxylic acids is 1. The number of carbonyl (C=O) groups is 1. The standard InChI is InChI=1S/C25H33FN4O2/c1-16(2)24(31)30-21-10-7-18(8-11-21)14-28-25(27-4)29-17(3)20-9-12-23(22(26)13-20)32-15-19-5-6-19/h7-13,16-17,19H,5-6,14-15H2,1-4H3,(H,30,31)(H2,27,28,29). The van der Waals surface area contributed by atoms with Crippen LogP contribution in [0.15, 0.2) is 47.5 Å². The number of rotatable bonds is 9. The molecule has 2 aromatic rings. The van der Waals surface area contributed by atoms with Crippen molar-refractivity contribution < 1.29 is 13.9 Å². The van der Waals surface area contributed by atoms with Crippen LogP contribution < -0.4 is 20.7 Å². The van der Waals surface area contributed by atoms with Gasteiger partial charge >= 0.3 is 0 Å². The minimum atomic E-state index is -0.343. The van der Waals surface area contributed by atoms with Crippen LogP contribution in [0, 0.1) is 17.7 Å². The minimum Gasteiger partial charge on any atom is -0.490 e. The van der Waals surface area contributed by atoms with Gasteiger partial charge in [0, 0.05) is 25.2 Å². The Kier molecular flexibility index (Phi) is 8.09. The molecule has 172 valence electrons. The predicted octanol–water partition coefficient (Wildman–Crippen LogP) is 4.64. The zero-order chi connectivity index (χ0) is 23.1. The van der Waals surface area contributed by atoms with Crippen molar-refractivity contribution in [3.63, 3.8) is 0 Å². The molecule has 0 heterocycles. The Morgan fingerprint density at radius 3 is 2.47 bits per heavy atom. The molecule has 0 bridgehead atoms. The highest BCUT2D eigenvalue weighted by Gasteiger charge is 2.22. The minimum absolute atomic E-state index is 0.00610. The molecule has 1 aliphatic rings. The Balaban J connectivity index is 1.50. The molecule has 7 heteroatoms. The molecule has 1 aliphatic carbocycles. The SMILES string of the molecule is CN=C(NCc1ccc(NC(=O)C(C)C)cc1)NC(C)c1ccc(OCC2CC2)c(F)c1. The lowest BCUT2D eigenvalue weighted by Gasteiger charge is -2.19. The molecule has 0 aliphatic heterocycles. The van der Waals surface area contributed by atoms with Crippen LogP contribution in [0.5, 0.6) is 5.75 Å². The maximum Gasteiger partial charge on any atom is 0.226 e. The molecular formula is C25H33FN4O2. The first-order chi connectivity index (χ1) is 15.4. The fourth-order valence-corrected chi connectivity index (χ4v) is 3.06. The van der Waals surface area contributed by atoms with Gasteiger partial charge in [-0.15, -0.1) is 0 Å². The van der Waals surface area contributed by atoms with Crippen LogP contribution in [0.1, 0.15) is 50.8 Å². The van der Waals surface area contributed by atoms with E-state index in [0.717, 1.165) is 16.8 Å². The molecule has 1 fully saturated rings. The lowest BCUT2D eigenvalue weighted by atomic mass is 10.1. The van der Waals surface area contributed by atoms with Crippen molar-refractivity contribution in [2.45, 2.75) is 46.2 Å². The van der Waals surface area contributed by atoms with Crippen molar-refractivity contribution in [3.05, 3.63) is 59.4 Å². The highest BCUT2D eigenvalue weighted by molar-refractivity contribution is 5.92. The summed E-state index contributed by atoms with van der Waals surface area (Å²) in [6.07, 6.45) is 2.34. The van der Waals surface area contributed by atoms with Gasteiger partial charge in [0.1, 0.15) is 0 Å². The molecule has 1 atom stereocenters. The monoisotopic (exact) mass is 440 g/mol. The second-order valence-electron chi connectivity index (χ2n) is 8.58. The van der Waals surface area contributed by atoms with E-state index in [2.05, 4.69) is 20.9 Å². The Morgan fingerprint density at radius 1 is 1.16 bits per heavy atom. The van der Waals surface area contributed by atoms with Gasteiger partial charge in [-0.05, 0) is 61.1 Å². The summed E-state index contributed by atoms with van der Waals surface area (Å²) in [5, 5.41) is 9.43. The van der Waals surface area contributed by atoms with Crippen LogP contribution in [0.3, 0.4) is 0 Å². The van der Waals surface area contributed by atoms with Crippen molar-refractivity contribution >= 4 is 17.6 Å². The molecule has 1 unspecified atom stereocenters. The van der Waals surface area contributed by atoms with Crippen LogP contribution in [0.2, 0.25) is 0 Å². The van der Waals surface area contributed by atoms with E-state index in [4.69, 9.17) is 4.74 Å². The maximum absolute atomic E-state index is 14.4. The molecule has 0 spiro atoms. The fourth-order valence-electron chi connectivity index (χ4n) is 3.06. The number of guanidine groups is 1. The molecule has 1 saturated carbocycles. The number of ether oxygens (including phenoxy) is 1. The highest BCUT2D eigenvalue weighted by Crippen LogP contribution is 2.30. The van der Waals surface area contributed by atoms with Crippen molar-refractivity contribution in [3.8, 4) is 5.75 Å². The molecule has 32 heavy (non-hydrogen) atoms. The lowest BCUT2D eigenvalue weighted by molar-refractivity contribution is -0.118. The topological polar surface area (TPSA) is 74.8 Å². The average molecular weight is 441 g/mol. The smallest absolute Gasteiger partial charge is 0.226 e. The average Bonchev–Trinajstić information content (AvgIpc) is 3.61. The summed E-state index contributed by atoms with van der Waals surface area (Å²) in [6.45, 7) is 6.83. The number of hydrogen-bond donors (Lipinski definition) is 3. The molecule has 1 amide bonds. The van der Waals surface area contributed by atoms with Gasteiger partial charge in [-0.2, -0.15) is 0 Å². The fraction of sp³-hybridized carbons (Fsp3) is 0.440. The van der Waals surface area contributed by atoms with Crippen molar-refractivity contribution in [1.29, 1.82) is 0 Å². The van der Waals surface area contributed by atoms with Crippen LogP contribution >= 0.6 is 0 Å². The first-order valence-corrected chi connectivity index (χ1v) is 11.1. The third-order valence-corrected chi connectivity index (χ3v) is 5.41. The van der Waals surface area contributed by atoms with E-state index in [1.807, 2.05) is 51.1 Å². The van der Waals surface area contributed by atoms with E-state index in [1.54, 1.807) is 13.1 Å². The van der Waals surface area contributed by atoms with E-state index in [1.165, 1.54) is 18.9 Å². The summed E-state index contributed by atoms with van der Waals surface area (Å²) in [5.74, 6) is 1.09. The third kappa shape index (κ3) is 6.97. The number of anilines is 1. The number of benzene rings is 2. The van der Waals surface area contributed by atoms with Gasteiger partial charge in [0.2, 0.25) is 5.91 Å². The van der Waals surface area contributed by atoms with Gasteiger partial charge in [-0.25, -0.2) is 4.39 Å². The van der Waals surface area contributed by atoms with Crippen LogP contribution in [0.25, 0.3) is 0 Å². The summed E-state index contributed by atoms with van der Waals surface area (Å²) in [6, 6.07) is 12.6. The molecule has 0 radical (unpaired) electrons. The Bertz CT molecular complexity index is 939. The largest absolute Gasteiger partial charge is 0.490 e. The van der Waals surface area contributed by atoms with Crippen molar-refractivity contribution in [1.82, 2.24) is 10.6 Å². The summed E-state index contributed by atoms with van der Waals surface area (Å²) in [5.41, 5.74) is 2.64. The van der Waals surface area contributed by atoms with Crippen molar-refractivity contribution in [2.75, 3.05) is 19.0 Å².